The molecule has 20 heavy (non-hydrogen) atoms. The SMILES string of the molecule is CC(C)COCCN1CC(C2CCCCC2)NCC1C. The zero-order valence-corrected chi connectivity index (χ0v) is 13.7. The molecule has 1 saturated carbocycles. The van der Waals surface area contributed by atoms with Gasteiger partial charge in [-0.25, -0.2) is 0 Å². The van der Waals surface area contributed by atoms with E-state index in [1.54, 1.807) is 0 Å². The van der Waals surface area contributed by atoms with Crippen molar-refractivity contribution in [3.63, 3.8) is 0 Å². The fourth-order valence-electron chi connectivity index (χ4n) is 3.61. The van der Waals surface area contributed by atoms with Crippen molar-refractivity contribution in [2.45, 2.75) is 65.0 Å². The summed E-state index contributed by atoms with van der Waals surface area (Å²) in [6.45, 7) is 12.0. The second kappa shape index (κ2) is 8.35. The third kappa shape index (κ3) is 5.01. The molecule has 2 rings (SSSR count). The first-order valence-corrected chi connectivity index (χ1v) is 8.72. The molecule has 0 amide bonds. The summed E-state index contributed by atoms with van der Waals surface area (Å²) in [5.41, 5.74) is 0. The smallest absolute Gasteiger partial charge is 0.0593 e. The molecule has 1 aliphatic heterocycles. The van der Waals surface area contributed by atoms with Crippen LogP contribution in [0.15, 0.2) is 0 Å². The van der Waals surface area contributed by atoms with E-state index < -0.39 is 0 Å². The van der Waals surface area contributed by atoms with Crippen LogP contribution in [0.4, 0.5) is 0 Å². The Morgan fingerprint density at radius 3 is 2.65 bits per heavy atom. The Balaban J connectivity index is 1.72. The van der Waals surface area contributed by atoms with Crippen LogP contribution in [0, 0.1) is 11.8 Å². The predicted octanol–water partition coefficient (Wildman–Crippen LogP) is 2.90. The summed E-state index contributed by atoms with van der Waals surface area (Å²) in [5, 5.41) is 3.79. The summed E-state index contributed by atoms with van der Waals surface area (Å²) in [5.74, 6) is 1.56. The molecule has 0 spiro atoms. The van der Waals surface area contributed by atoms with Gasteiger partial charge in [-0.2, -0.15) is 0 Å². The van der Waals surface area contributed by atoms with Gasteiger partial charge in [0.2, 0.25) is 0 Å². The van der Waals surface area contributed by atoms with Crippen LogP contribution in [-0.2, 0) is 4.74 Å². The van der Waals surface area contributed by atoms with Crippen molar-refractivity contribution in [1.82, 2.24) is 10.2 Å². The van der Waals surface area contributed by atoms with Crippen LogP contribution >= 0.6 is 0 Å². The van der Waals surface area contributed by atoms with E-state index in [0.717, 1.165) is 38.3 Å². The summed E-state index contributed by atoms with van der Waals surface area (Å²) in [6, 6.07) is 1.37. The molecule has 3 heteroatoms. The van der Waals surface area contributed by atoms with Crippen molar-refractivity contribution < 1.29 is 4.74 Å². The molecule has 0 bridgehead atoms. The number of ether oxygens (including phenoxy) is 1. The number of piperazine rings is 1. The topological polar surface area (TPSA) is 24.5 Å². The number of hydrogen-bond donors (Lipinski definition) is 1. The minimum atomic E-state index is 0.644. The minimum Gasteiger partial charge on any atom is -0.380 e. The van der Waals surface area contributed by atoms with Gasteiger partial charge in [0.1, 0.15) is 0 Å². The Morgan fingerprint density at radius 1 is 1.20 bits per heavy atom. The quantitative estimate of drug-likeness (QED) is 0.758. The van der Waals surface area contributed by atoms with Gasteiger partial charge in [-0.05, 0) is 31.6 Å². The highest BCUT2D eigenvalue weighted by Crippen LogP contribution is 2.28. The van der Waals surface area contributed by atoms with Gasteiger partial charge >= 0.3 is 0 Å². The number of rotatable bonds is 6. The van der Waals surface area contributed by atoms with Crippen molar-refractivity contribution in [3.05, 3.63) is 0 Å². The average Bonchev–Trinajstić information content (AvgIpc) is 2.46. The highest BCUT2D eigenvalue weighted by atomic mass is 16.5. The van der Waals surface area contributed by atoms with Gasteiger partial charge in [-0.3, -0.25) is 4.90 Å². The van der Waals surface area contributed by atoms with Crippen LogP contribution in [0.3, 0.4) is 0 Å². The predicted molar refractivity (Wildman–Crippen MR) is 85.1 cm³/mol. The van der Waals surface area contributed by atoms with Gasteiger partial charge in [-0.15, -0.1) is 0 Å². The lowest BCUT2D eigenvalue weighted by molar-refractivity contribution is 0.0488. The van der Waals surface area contributed by atoms with Gasteiger partial charge in [0.25, 0.3) is 0 Å². The molecule has 118 valence electrons. The molecule has 0 aromatic rings. The molecule has 0 aromatic carbocycles. The zero-order chi connectivity index (χ0) is 14.4. The van der Waals surface area contributed by atoms with Crippen LogP contribution < -0.4 is 5.32 Å². The molecule has 2 aliphatic rings. The monoisotopic (exact) mass is 282 g/mol. The Labute approximate surface area is 125 Å². The number of nitrogens with zero attached hydrogens (tertiary/aromatic N) is 1. The molecule has 0 aromatic heterocycles. The van der Waals surface area contributed by atoms with Gasteiger partial charge in [0.15, 0.2) is 0 Å². The number of hydrogen-bond acceptors (Lipinski definition) is 3. The summed E-state index contributed by atoms with van der Waals surface area (Å²) in [4.78, 5) is 2.64. The molecule has 1 N–H and O–H groups in total. The van der Waals surface area contributed by atoms with Crippen molar-refractivity contribution in [3.8, 4) is 0 Å². The third-order valence-corrected chi connectivity index (χ3v) is 4.92. The molecule has 1 aliphatic carbocycles. The lowest BCUT2D eigenvalue weighted by atomic mass is 9.82. The van der Waals surface area contributed by atoms with E-state index >= 15 is 0 Å². The van der Waals surface area contributed by atoms with Gasteiger partial charge in [0, 0.05) is 38.3 Å². The number of nitrogens with one attached hydrogen (secondary N) is 1. The Bertz CT molecular complexity index is 264. The first-order valence-electron chi connectivity index (χ1n) is 8.72. The minimum absolute atomic E-state index is 0.644. The van der Waals surface area contributed by atoms with Crippen molar-refractivity contribution in [1.29, 1.82) is 0 Å². The van der Waals surface area contributed by atoms with Gasteiger partial charge in [-0.1, -0.05) is 33.1 Å². The lowest BCUT2D eigenvalue weighted by Gasteiger charge is -2.42. The standard InChI is InChI=1S/C17H34N2O/c1-14(2)13-20-10-9-19-12-17(18-11-15(19)3)16-7-5-4-6-8-16/h14-18H,4-13H2,1-3H3. The van der Waals surface area contributed by atoms with E-state index in [2.05, 4.69) is 31.0 Å². The average molecular weight is 282 g/mol. The van der Waals surface area contributed by atoms with Crippen molar-refractivity contribution in [2.75, 3.05) is 32.8 Å². The lowest BCUT2D eigenvalue weighted by Crippen LogP contribution is -2.58. The third-order valence-electron chi connectivity index (χ3n) is 4.92. The van der Waals surface area contributed by atoms with E-state index in [0.29, 0.717) is 12.0 Å². The fraction of sp³-hybridized carbons (Fsp3) is 1.00. The Hall–Kier alpha value is -0.120. The van der Waals surface area contributed by atoms with E-state index in [1.807, 2.05) is 0 Å². The maximum atomic E-state index is 5.76. The summed E-state index contributed by atoms with van der Waals surface area (Å²) < 4.78 is 5.76. The molecule has 2 atom stereocenters. The summed E-state index contributed by atoms with van der Waals surface area (Å²) in [6.07, 6.45) is 7.20. The molecular formula is C17H34N2O. The normalized spacial score (nSPS) is 30.0. The van der Waals surface area contributed by atoms with E-state index in [1.165, 1.54) is 38.6 Å². The molecule has 0 radical (unpaired) electrons. The molecule has 1 saturated heterocycles. The summed E-state index contributed by atoms with van der Waals surface area (Å²) in [7, 11) is 0. The van der Waals surface area contributed by atoms with E-state index in [4.69, 9.17) is 4.74 Å². The Kier molecular flexibility index (Phi) is 6.79. The van der Waals surface area contributed by atoms with Crippen molar-refractivity contribution >= 4 is 0 Å². The second-order valence-corrected chi connectivity index (χ2v) is 7.23. The maximum Gasteiger partial charge on any atom is 0.0593 e. The van der Waals surface area contributed by atoms with Crippen LogP contribution in [-0.4, -0.2) is 49.8 Å². The first kappa shape index (κ1) is 16.3. The fourth-order valence-corrected chi connectivity index (χ4v) is 3.61. The molecular weight excluding hydrogens is 248 g/mol. The van der Waals surface area contributed by atoms with Crippen LogP contribution in [0.2, 0.25) is 0 Å². The molecule has 1 heterocycles. The second-order valence-electron chi connectivity index (χ2n) is 7.23. The molecule has 3 nitrogen and oxygen atoms in total. The Morgan fingerprint density at radius 2 is 1.95 bits per heavy atom. The maximum absolute atomic E-state index is 5.76. The highest BCUT2D eigenvalue weighted by molar-refractivity contribution is 4.89. The van der Waals surface area contributed by atoms with Gasteiger partial charge < -0.3 is 10.1 Å². The summed E-state index contributed by atoms with van der Waals surface area (Å²) >= 11 is 0. The largest absolute Gasteiger partial charge is 0.380 e. The molecule has 2 unspecified atom stereocenters. The zero-order valence-electron chi connectivity index (χ0n) is 13.7. The van der Waals surface area contributed by atoms with Crippen LogP contribution in [0.25, 0.3) is 0 Å². The molecule has 2 fully saturated rings. The van der Waals surface area contributed by atoms with Crippen LogP contribution in [0.1, 0.15) is 52.9 Å². The van der Waals surface area contributed by atoms with Crippen LogP contribution in [0.5, 0.6) is 0 Å². The van der Waals surface area contributed by atoms with E-state index in [9.17, 15) is 0 Å². The van der Waals surface area contributed by atoms with Gasteiger partial charge in [0.05, 0.1) is 6.61 Å². The first-order chi connectivity index (χ1) is 9.66. The highest BCUT2D eigenvalue weighted by Gasteiger charge is 2.30. The van der Waals surface area contributed by atoms with Crippen molar-refractivity contribution in [2.24, 2.45) is 11.8 Å². The van der Waals surface area contributed by atoms with E-state index in [-0.39, 0.29) is 0 Å².